The molecule has 2 rings (SSSR count). The molecular formula is C15H14ClN3O3. The highest BCUT2D eigenvalue weighted by molar-refractivity contribution is 6.43. The zero-order chi connectivity index (χ0) is 16.1. The highest BCUT2D eigenvalue weighted by Crippen LogP contribution is 2.22. The minimum atomic E-state index is -0.816. The van der Waals surface area contributed by atoms with E-state index >= 15 is 0 Å². The van der Waals surface area contributed by atoms with Gasteiger partial charge in [0.1, 0.15) is 5.75 Å². The number of nitrogens with one attached hydrogen (secondary N) is 2. The zero-order valence-electron chi connectivity index (χ0n) is 11.7. The van der Waals surface area contributed by atoms with Crippen LogP contribution in [0, 0.1) is 0 Å². The third kappa shape index (κ3) is 3.89. The topological polar surface area (TPSA) is 93.4 Å². The zero-order valence-corrected chi connectivity index (χ0v) is 12.5. The number of carbonyl (C=O) groups is 2. The van der Waals surface area contributed by atoms with Gasteiger partial charge in [0.2, 0.25) is 0 Å². The molecular weight excluding hydrogens is 306 g/mol. The van der Waals surface area contributed by atoms with Crippen molar-refractivity contribution in [3.8, 4) is 5.75 Å². The lowest BCUT2D eigenvalue weighted by atomic mass is 10.2. The van der Waals surface area contributed by atoms with Crippen molar-refractivity contribution < 1.29 is 14.3 Å². The van der Waals surface area contributed by atoms with E-state index in [1.165, 1.54) is 19.2 Å². The Balaban J connectivity index is 2.02. The molecule has 2 amide bonds. The second kappa shape index (κ2) is 6.82. The lowest BCUT2D eigenvalue weighted by molar-refractivity contribution is -0.132. The van der Waals surface area contributed by atoms with Gasteiger partial charge < -0.3 is 21.1 Å². The van der Waals surface area contributed by atoms with Crippen LogP contribution in [0.5, 0.6) is 5.75 Å². The normalized spacial score (nSPS) is 9.91. The Hall–Kier alpha value is -2.73. The molecule has 0 saturated heterocycles. The van der Waals surface area contributed by atoms with Crippen LogP contribution >= 0.6 is 11.6 Å². The number of hydrogen-bond donors (Lipinski definition) is 3. The Morgan fingerprint density at radius 1 is 1.05 bits per heavy atom. The van der Waals surface area contributed by atoms with Crippen molar-refractivity contribution in [2.24, 2.45) is 0 Å². The minimum absolute atomic E-state index is 0.297. The minimum Gasteiger partial charge on any atom is -0.497 e. The number of methoxy groups -OCH3 is 1. The molecule has 0 saturated carbocycles. The van der Waals surface area contributed by atoms with Crippen molar-refractivity contribution in [2.45, 2.75) is 0 Å². The lowest BCUT2D eigenvalue weighted by Gasteiger charge is -2.08. The molecule has 0 heterocycles. The summed E-state index contributed by atoms with van der Waals surface area (Å²) in [6.07, 6.45) is 0. The maximum Gasteiger partial charge on any atom is 0.314 e. The Morgan fingerprint density at radius 2 is 1.68 bits per heavy atom. The van der Waals surface area contributed by atoms with E-state index in [1.54, 1.807) is 30.3 Å². The summed E-state index contributed by atoms with van der Waals surface area (Å²) in [4.78, 5) is 23.7. The highest BCUT2D eigenvalue weighted by atomic mass is 35.5. The third-order valence-electron chi connectivity index (χ3n) is 2.79. The Bertz CT molecular complexity index is 719. The summed E-state index contributed by atoms with van der Waals surface area (Å²) in [6, 6.07) is 11.2. The van der Waals surface area contributed by atoms with Crippen molar-refractivity contribution >= 4 is 40.5 Å². The van der Waals surface area contributed by atoms with Crippen molar-refractivity contribution in [1.82, 2.24) is 0 Å². The molecule has 0 unspecified atom stereocenters. The van der Waals surface area contributed by atoms with Crippen LogP contribution in [0.1, 0.15) is 0 Å². The van der Waals surface area contributed by atoms with Crippen LogP contribution in [-0.2, 0) is 9.59 Å². The number of benzene rings is 2. The van der Waals surface area contributed by atoms with Crippen LogP contribution in [0.15, 0.2) is 42.5 Å². The van der Waals surface area contributed by atoms with Crippen LogP contribution in [0.2, 0.25) is 5.02 Å². The molecule has 2 aromatic rings. The van der Waals surface area contributed by atoms with E-state index in [2.05, 4.69) is 10.6 Å². The van der Waals surface area contributed by atoms with Gasteiger partial charge in [-0.05, 0) is 30.3 Å². The first-order valence-electron chi connectivity index (χ1n) is 6.31. The SMILES string of the molecule is COc1cccc(NC(=O)C(=O)Nc2ccc(N)c(Cl)c2)c1. The first-order chi connectivity index (χ1) is 10.5. The average molecular weight is 320 g/mol. The molecule has 0 aromatic heterocycles. The van der Waals surface area contributed by atoms with Crippen LogP contribution < -0.4 is 21.1 Å². The molecule has 0 atom stereocenters. The number of nitrogen functional groups attached to an aromatic ring is 1. The molecule has 2 aromatic carbocycles. The molecule has 6 nitrogen and oxygen atoms in total. The molecule has 0 bridgehead atoms. The molecule has 0 aliphatic heterocycles. The highest BCUT2D eigenvalue weighted by Gasteiger charge is 2.14. The van der Waals surface area contributed by atoms with Crippen molar-refractivity contribution in [3.63, 3.8) is 0 Å². The fourth-order valence-corrected chi connectivity index (χ4v) is 1.86. The van der Waals surface area contributed by atoms with E-state index in [4.69, 9.17) is 22.1 Å². The smallest absolute Gasteiger partial charge is 0.314 e. The lowest BCUT2D eigenvalue weighted by Crippen LogP contribution is -2.29. The van der Waals surface area contributed by atoms with E-state index < -0.39 is 11.8 Å². The summed E-state index contributed by atoms with van der Waals surface area (Å²) in [6.45, 7) is 0. The fourth-order valence-electron chi connectivity index (χ4n) is 1.68. The monoisotopic (exact) mass is 319 g/mol. The number of rotatable bonds is 3. The summed E-state index contributed by atoms with van der Waals surface area (Å²) in [7, 11) is 1.51. The molecule has 4 N–H and O–H groups in total. The molecule has 0 fully saturated rings. The standard InChI is InChI=1S/C15H14ClN3O3/c1-22-11-4-2-3-9(7-11)18-14(20)15(21)19-10-5-6-13(17)12(16)8-10/h2-8H,17H2,1H3,(H,18,20)(H,19,21). The molecule has 0 radical (unpaired) electrons. The fraction of sp³-hybridized carbons (Fsp3) is 0.0667. The number of hydrogen-bond acceptors (Lipinski definition) is 4. The number of halogens is 1. The predicted octanol–water partition coefficient (Wildman–Crippen LogP) is 2.51. The number of carbonyl (C=O) groups excluding carboxylic acids is 2. The maximum absolute atomic E-state index is 11.8. The van der Waals surface area contributed by atoms with E-state index in [0.717, 1.165) is 0 Å². The number of anilines is 3. The van der Waals surface area contributed by atoms with Gasteiger partial charge in [0.05, 0.1) is 17.8 Å². The van der Waals surface area contributed by atoms with Crippen LogP contribution in [0.3, 0.4) is 0 Å². The predicted molar refractivity (Wildman–Crippen MR) is 86.1 cm³/mol. The summed E-state index contributed by atoms with van der Waals surface area (Å²) in [5, 5.41) is 5.21. The van der Waals surface area contributed by atoms with Crippen molar-refractivity contribution in [2.75, 3.05) is 23.5 Å². The van der Waals surface area contributed by atoms with Gasteiger partial charge in [-0.3, -0.25) is 9.59 Å². The first-order valence-corrected chi connectivity index (χ1v) is 6.69. The Morgan fingerprint density at radius 3 is 2.27 bits per heavy atom. The molecule has 114 valence electrons. The summed E-state index contributed by atoms with van der Waals surface area (Å²) in [5.41, 5.74) is 6.80. The van der Waals surface area contributed by atoms with E-state index in [0.29, 0.717) is 27.8 Å². The number of amides is 2. The van der Waals surface area contributed by atoms with Gasteiger partial charge >= 0.3 is 11.8 Å². The molecule has 0 spiro atoms. The number of ether oxygens (including phenoxy) is 1. The van der Waals surface area contributed by atoms with E-state index in [-0.39, 0.29) is 0 Å². The van der Waals surface area contributed by atoms with Gasteiger partial charge in [-0.15, -0.1) is 0 Å². The maximum atomic E-state index is 11.8. The molecule has 0 aliphatic rings. The van der Waals surface area contributed by atoms with Crippen LogP contribution in [0.4, 0.5) is 17.1 Å². The second-order valence-electron chi connectivity index (χ2n) is 4.38. The Labute approximate surface area is 132 Å². The van der Waals surface area contributed by atoms with E-state index in [1.807, 2.05) is 0 Å². The van der Waals surface area contributed by atoms with Crippen LogP contribution in [-0.4, -0.2) is 18.9 Å². The van der Waals surface area contributed by atoms with Gasteiger partial charge in [0.25, 0.3) is 0 Å². The summed E-state index contributed by atoms with van der Waals surface area (Å²) < 4.78 is 5.04. The largest absolute Gasteiger partial charge is 0.497 e. The Kier molecular flexibility index (Phi) is 4.85. The summed E-state index contributed by atoms with van der Waals surface area (Å²) >= 11 is 5.85. The average Bonchev–Trinajstić information content (AvgIpc) is 2.51. The van der Waals surface area contributed by atoms with Crippen molar-refractivity contribution in [1.29, 1.82) is 0 Å². The first kappa shape index (κ1) is 15.7. The van der Waals surface area contributed by atoms with Gasteiger partial charge in [-0.2, -0.15) is 0 Å². The molecule has 22 heavy (non-hydrogen) atoms. The second-order valence-corrected chi connectivity index (χ2v) is 4.78. The van der Waals surface area contributed by atoms with E-state index in [9.17, 15) is 9.59 Å². The van der Waals surface area contributed by atoms with Gasteiger partial charge in [0.15, 0.2) is 0 Å². The molecule has 7 heteroatoms. The quantitative estimate of drug-likeness (QED) is 0.598. The third-order valence-corrected chi connectivity index (χ3v) is 3.12. The number of nitrogens with two attached hydrogens (primary N) is 1. The van der Waals surface area contributed by atoms with Crippen LogP contribution in [0.25, 0.3) is 0 Å². The van der Waals surface area contributed by atoms with Crippen molar-refractivity contribution in [3.05, 3.63) is 47.5 Å². The molecule has 0 aliphatic carbocycles. The van der Waals surface area contributed by atoms with Gasteiger partial charge in [-0.1, -0.05) is 17.7 Å². The van der Waals surface area contributed by atoms with Gasteiger partial charge in [-0.25, -0.2) is 0 Å². The van der Waals surface area contributed by atoms with Gasteiger partial charge in [0, 0.05) is 17.4 Å². The summed E-state index contributed by atoms with van der Waals surface area (Å²) in [5.74, 6) is -1.05.